The number of imidazole rings is 1. The predicted molar refractivity (Wildman–Crippen MR) is 90.7 cm³/mol. The standard InChI is InChI=1S/C18H22N4/c1-12-8-15-16(9-13(12)2)22(11-18(3,4)19)17(21-15)14-6-5-7-20-10-14/h5-10H,11,19H2,1-4H3. The van der Waals surface area contributed by atoms with Crippen molar-refractivity contribution < 1.29 is 0 Å². The predicted octanol–water partition coefficient (Wildman–Crippen LogP) is 3.45. The quantitative estimate of drug-likeness (QED) is 0.805. The summed E-state index contributed by atoms with van der Waals surface area (Å²) in [6, 6.07) is 8.31. The molecule has 2 N–H and O–H groups in total. The second-order valence-electron chi connectivity index (χ2n) is 6.68. The maximum absolute atomic E-state index is 6.27. The Morgan fingerprint density at radius 2 is 1.91 bits per heavy atom. The topological polar surface area (TPSA) is 56.7 Å². The highest BCUT2D eigenvalue weighted by Gasteiger charge is 2.19. The fourth-order valence-corrected chi connectivity index (χ4v) is 2.66. The van der Waals surface area contributed by atoms with E-state index in [2.05, 4.69) is 35.5 Å². The lowest BCUT2D eigenvalue weighted by Gasteiger charge is -2.21. The fraction of sp³-hybridized carbons (Fsp3) is 0.333. The van der Waals surface area contributed by atoms with Crippen molar-refractivity contribution in [1.29, 1.82) is 0 Å². The van der Waals surface area contributed by atoms with E-state index in [0.717, 1.165) is 22.4 Å². The van der Waals surface area contributed by atoms with Crippen LogP contribution >= 0.6 is 0 Å². The van der Waals surface area contributed by atoms with Crippen molar-refractivity contribution in [3.05, 3.63) is 47.8 Å². The van der Waals surface area contributed by atoms with Gasteiger partial charge >= 0.3 is 0 Å². The van der Waals surface area contributed by atoms with Crippen LogP contribution in [0.2, 0.25) is 0 Å². The second kappa shape index (κ2) is 5.21. The number of aromatic nitrogens is 3. The van der Waals surface area contributed by atoms with Crippen LogP contribution in [0, 0.1) is 13.8 Å². The molecule has 0 atom stereocenters. The number of hydrogen-bond acceptors (Lipinski definition) is 3. The molecule has 0 saturated carbocycles. The molecule has 3 aromatic rings. The van der Waals surface area contributed by atoms with Gasteiger partial charge in [0.25, 0.3) is 0 Å². The highest BCUT2D eigenvalue weighted by Crippen LogP contribution is 2.27. The first-order valence-corrected chi connectivity index (χ1v) is 7.52. The molecule has 4 nitrogen and oxygen atoms in total. The van der Waals surface area contributed by atoms with E-state index >= 15 is 0 Å². The van der Waals surface area contributed by atoms with Crippen LogP contribution in [-0.2, 0) is 6.54 Å². The maximum atomic E-state index is 6.27. The third kappa shape index (κ3) is 2.74. The van der Waals surface area contributed by atoms with Gasteiger partial charge in [-0.25, -0.2) is 4.98 Å². The summed E-state index contributed by atoms with van der Waals surface area (Å²) in [6.45, 7) is 9.02. The van der Waals surface area contributed by atoms with Crippen LogP contribution in [0.4, 0.5) is 0 Å². The van der Waals surface area contributed by atoms with Crippen molar-refractivity contribution in [1.82, 2.24) is 14.5 Å². The molecule has 0 aliphatic rings. The molecule has 0 saturated heterocycles. The molecule has 0 aliphatic heterocycles. The van der Waals surface area contributed by atoms with Crippen LogP contribution in [0.5, 0.6) is 0 Å². The Morgan fingerprint density at radius 1 is 1.18 bits per heavy atom. The van der Waals surface area contributed by atoms with E-state index in [1.165, 1.54) is 11.1 Å². The van der Waals surface area contributed by atoms with Crippen molar-refractivity contribution in [2.45, 2.75) is 39.8 Å². The average molecular weight is 294 g/mol. The van der Waals surface area contributed by atoms with Gasteiger partial charge in [-0.05, 0) is 63.1 Å². The molecule has 22 heavy (non-hydrogen) atoms. The van der Waals surface area contributed by atoms with E-state index in [9.17, 15) is 0 Å². The lowest BCUT2D eigenvalue weighted by Crippen LogP contribution is -2.37. The number of hydrogen-bond donors (Lipinski definition) is 1. The third-order valence-electron chi connectivity index (χ3n) is 3.85. The summed E-state index contributed by atoms with van der Waals surface area (Å²) in [7, 11) is 0. The van der Waals surface area contributed by atoms with Crippen molar-refractivity contribution >= 4 is 11.0 Å². The number of nitrogens with two attached hydrogens (primary N) is 1. The lowest BCUT2D eigenvalue weighted by atomic mass is 10.1. The van der Waals surface area contributed by atoms with E-state index in [1.807, 2.05) is 32.2 Å². The summed E-state index contributed by atoms with van der Waals surface area (Å²) >= 11 is 0. The summed E-state index contributed by atoms with van der Waals surface area (Å²) in [5, 5.41) is 0. The maximum Gasteiger partial charge on any atom is 0.142 e. The molecule has 1 aromatic carbocycles. The smallest absolute Gasteiger partial charge is 0.142 e. The van der Waals surface area contributed by atoms with Gasteiger partial charge in [0.05, 0.1) is 11.0 Å². The Bertz CT molecular complexity index is 810. The van der Waals surface area contributed by atoms with Crippen molar-refractivity contribution in [2.24, 2.45) is 5.73 Å². The SMILES string of the molecule is Cc1cc2nc(-c3cccnc3)n(CC(C)(C)N)c2cc1C. The van der Waals surface area contributed by atoms with Crippen LogP contribution in [0.25, 0.3) is 22.4 Å². The minimum Gasteiger partial charge on any atom is -0.324 e. The van der Waals surface area contributed by atoms with E-state index in [4.69, 9.17) is 10.7 Å². The zero-order chi connectivity index (χ0) is 15.9. The summed E-state index contributed by atoms with van der Waals surface area (Å²) in [5.74, 6) is 0.923. The molecule has 0 radical (unpaired) electrons. The number of fused-ring (bicyclic) bond motifs is 1. The van der Waals surface area contributed by atoms with Crippen molar-refractivity contribution in [3.63, 3.8) is 0 Å². The van der Waals surface area contributed by atoms with E-state index in [0.29, 0.717) is 6.54 Å². The van der Waals surface area contributed by atoms with Crippen LogP contribution in [0.1, 0.15) is 25.0 Å². The van der Waals surface area contributed by atoms with E-state index < -0.39 is 0 Å². The van der Waals surface area contributed by atoms with Gasteiger partial charge in [0, 0.05) is 30.0 Å². The molecule has 0 amide bonds. The van der Waals surface area contributed by atoms with Crippen LogP contribution < -0.4 is 5.73 Å². The molecule has 3 rings (SSSR count). The number of aryl methyl sites for hydroxylation is 2. The zero-order valence-corrected chi connectivity index (χ0v) is 13.6. The normalized spacial score (nSPS) is 12.0. The Labute approximate surface area is 131 Å². The van der Waals surface area contributed by atoms with Crippen LogP contribution in [0.3, 0.4) is 0 Å². The molecule has 114 valence electrons. The van der Waals surface area contributed by atoms with Gasteiger partial charge < -0.3 is 10.3 Å². The molecule has 0 spiro atoms. The number of nitrogens with zero attached hydrogens (tertiary/aromatic N) is 3. The van der Waals surface area contributed by atoms with Gasteiger partial charge in [0.1, 0.15) is 5.82 Å². The van der Waals surface area contributed by atoms with Gasteiger partial charge in [0.15, 0.2) is 0 Å². The van der Waals surface area contributed by atoms with Gasteiger partial charge in [-0.3, -0.25) is 4.98 Å². The number of pyridine rings is 1. The number of benzene rings is 1. The van der Waals surface area contributed by atoms with Gasteiger partial charge in [0.2, 0.25) is 0 Å². The molecule has 4 heteroatoms. The first kappa shape index (κ1) is 14.7. The minimum atomic E-state index is -0.316. The van der Waals surface area contributed by atoms with Gasteiger partial charge in [-0.1, -0.05) is 0 Å². The van der Waals surface area contributed by atoms with Crippen molar-refractivity contribution in [2.75, 3.05) is 0 Å². The Kier molecular flexibility index (Phi) is 3.49. The molecule has 0 bridgehead atoms. The summed E-state index contributed by atoms with van der Waals surface area (Å²) < 4.78 is 2.21. The fourth-order valence-electron chi connectivity index (χ4n) is 2.66. The molecular formula is C18H22N4. The Balaban J connectivity index is 2.28. The molecule has 2 aromatic heterocycles. The average Bonchev–Trinajstić information content (AvgIpc) is 2.77. The highest BCUT2D eigenvalue weighted by molar-refractivity contribution is 5.82. The second-order valence-corrected chi connectivity index (χ2v) is 6.68. The van der Waals surface area contributed by atoms with Crippen molar-refractivity contribution in [3.8, 4) is 11.4 Å². The lowest BCUT2D eigenvalue weighted by molar-refractivity contribution is 0.442. The number of rotatable bonds is 3. The monoisotopic (exact) mass is 294 g/mol. The minimum absolute atomic E-state index is 0.316. The van der Waals surface area contributed by atoms with Gasteiger partial charge in [-0.15, -0.1) is 0 Å². The van der Waals surface area contributed by atoms with Gasteiger partial charge in [-0.2, -0.15) is 0 Å². The first-order chi connectivity index (χ1) is 10.3. The molecular weight excluding hydrogens is 272 g/mol. The summed E-state index contributed by atoms with van der Waals surface area (Å²) in [4.78, 5) is 9.06. The zero-order valence-electron chi connectivity index (χ0n) is 13.6. The summed E-state index contributed by atoms with van der Waals surface area (Å²) in [6.07, 6.45) is 3.62. The molecule has 2 heterocycles. The Hall–Kier alpha value is -2.20. The van der Waals surface area contributed by atoms with Crippen LogP contribution in [0.15, 0.2) is 36.7 Å². The van der Waals surface area contributed by atoms with E-state index in [-0.39, 0.29) is 5.54 Å². The third-order valence-corrected chi connectivity index (χ3v) is 3.85. The highest BCUT2D eigenvalue weighted by atomic mass is 15.1. The molecule has 0 unspecified atom stereocenters. The molecule has 0 fully saturated rings. The molecule has 0 aliphatic carbocycles. The summed E-state index contributed by atoms with van der Waals surface area (Å²) in [5.41, 5.74) is 11.6. The van der Waals surface area contributed by atoms with E-state index in [1.54, 1.807) is 6.20 Å². The first-order valence-electron chi connectivity index (χ1n) is 7.52. The largest absolute Gasteiger partial charge is 0.324 e. The van der Waals surface area contributed by atoms with Crippen LogP contribution in [-0.4, -0.2) is 20.1 Å². The Morgan fingerprint density at radius 3 is 2.55 bits per heavy atom.